The van der Waals surface area contributed by atoms with Crippen molar-refractivity contribution in [3.63, 3.8) is 0 Å². The summed E-state index contributed by atoms with van der Waals surface area (Å²) in [6.45, 7) is 4.22. The van der Waals surface area contributed by atoms with Gasteiger partial charge in [0.25, 0.3) is 0 Å². The molecule has 0 saturated heterocycles. The molecule has 3 rings (SSSR count). The van der Waals surface area contributed by atoms with Crippen molar-refractivity contribution in [1.82, 2.24) is 20.2 Å². The molecule has 0 saturated carbocycles. The van der Waals surface area contributed by atoms with E-state index in [0.29, 0.717) is 21.7 Å². The Labute approximate surface area is 161 Å². The molecule has 2 aromatic carbocycles. The van der Waals surface area contributed by atoms with E-state index in [2.05, 4.69) is 15.5 Å². The second-order valence-electron chi connectivity index (χ2n) is 5.89. The summed E-state index contributed by atoms with van der Waals surface area (Å²) in [6.07, 6.45) is -0.653. The normalized spacial score (nSPS) is 12.2. The zero-order chi connectivity index (χ0) is 18.5. The minimum absolute atomic E-state index is 0.180. The molecule has 0 spiro atoms. The van der Waals surface area contributed by atoms with Crippen LogP contribution in [0.2, 0.25) is 5.02 Å². The fourth-order valence-corrected chi connectivity index (χ4v) is 3.22. The molecular weight excluding hydrogens is 372 g/mol. The highest BCUT2D eigenvalue weighted by atomic mass is 35.5. The third-order valence-electron chi connectivity index (χ3n) is 3.69. The molecule has 136 valence electrons. The van der Waals surface area contributed by atoms with Crippen molar-refractivity contribution in [1.29, 1.82) is 0 Å². The van der Waals surface area contributed by atoms with Crippen molar-refractivity contribution in [2.75, 3.05) is 12.4 Å². The zero-order valence-corrected chi connectivity index (χ0v) is 16.0. The lowest BCUT2D eigenvalue weighted by atomic mass is 10.1. The number of thioether (sulfide) groups is 1. The van der Waals surface area contributed by atoms with Gasteiger partial charge in [0.05, 0.1) is 11.8 Å². The SMILES string of the molecule is Cc1ccc(C)c(-n2nnnc2SCC(O)COc2ccc(Cl)cc2)c1. The highest BCUT2D eigenvalue weighted by molar-refractivity contribution is 7.99. The van der Waals surface area contributed by atoms with E-state index in [1.54, 1.807) is 28.9 Å². The molecule has 1 aromatic heterocycles. The maximum absolute atomic E-state index is 10.2. The number of hydrogen-bond acceptors (Lipinski definition) is 6. The Balaban J connectivity index is 1.59. The molecule has 0 fully saturated rings. The summed E-state index contributed by atoms with van der Waals surface area (Å²) in [6, 6.07) is 13.2. The summed E-state index contributed by atoms with van der Waals surface area (Å²) in [5, 5.41) is 23.4. The monoisotopic (exact) mass is 390 g/mol. The number of tetrazole rings is 1. The summed E-state index contributed by atoms with van der Waals surface area (Å²) >= 11 is 7.22. The van der Waals surface area contributed by atoms with Crippen LogP contribution in [0.15, 0.2) is 47.6 Å². The molecule has 0 aliphatic heterocycles. The van der Waals surface area contributed by atoms with Crippen LogP contribution in [0.5, 0.6) is 5.75 Å². The number of benzene rings is 2. The molecule has 1 N–H and O–H groups in total. The van der Waals surface area contributed by atoms with E-state index in [-0.39, 0.29) is 6.61 Å². The van der Waals surface area contributed by atoms with Gasteiger partial charge in [-0.25, -0.2) is 0 Å². The number of nitrogens with zero attached hydrogens (tertiary/aromatic N) is 4. The number of rotatable bonds is 7. The van der Waals surface area contributed by atoms with Crippen molar-refractivity contribution in [3.8, 4) is 11.4 Å². The van der Waals surface area contributed by atoms with Gasteiger partial charge in [0.15, 0.2) is 0 Å². The molecular formula is C18H19ClN4O2S. The van der Waals surface area contributed by atoms with Gasteiger partial charge in [0.1, 0.15) is 12.4 Å². The van der Waals surface area contributed by atoms with E-state index in [1.165, 1.54) is 11.8 Å². The Morgan fingerprint density at radius 3 is 2.73 bits per heavy atom. The number of halogens is 1. The number of aliphatic hydroxyl groups excluding tert-OH is 1. The van der Waals surface area contributed by atoms with Crippen LogP contribution in [0.25, 0.3) is 5.69 Å². The fourth-order valence-electron chi connectivity index (χ4n) is 2.31. The largest absolute Gasteiger partial charge is 0.491 e. The lowest BCUT2D eigenvalue weighted by Gasteiger charge is -2.12. The summed E-state index contributed by atoms with van der Waals surface area (Å²) in [5.41, 5.74) is 3.15. The third-order valence-corrected chi connectivity index (χ3v) is 5.01. The highest BCUT2D eigenvalue weighted by Gasteiger charge is 2.14. The molecule has 8 heteroatoms. The Bertz CT molecular complexity index is 870. The maximum atomic E-state index is 10.2. The van der Waals surface area contributed by atoms with Crippen molar-refractivity contribution < 1.29 is 9.84 Å². The van der Waals surface area contributed by atoms with Crippen LogP contribution in [0.1, 0.15) is 11.1 Å². The molecule has 0 amide bonds. The van der Waals surface area contributed by atoms with E-state index < -0.39 is 6.10 Å². The first-order chi connectivity index (χ1) is 12.5. The van der Waals surface area contributed by atoms with E-state index >= 15 is 0 Å². The van der Waals surface area contributed by atoms with Crippen LogP contribution in [0, 0.1) is 13.8 Å². The van der Waals surface area contributed by atoms with E-state index in [9.17, 15) is 5.11 Å². The van der Waals surface area contributed by atoms with Gasteiger partial charge in [-0.15, -0.1) is 5.10 Å². The quantitative estimate of drug-likeness (QED) is 0.623. The molecule has 1 heterocycles. The Morgan fingerprint density at radius 2 is 1.96 bits per heavy atom. The summed E-state index contributed by atoms with van der Waals surface area (Å²) in [5.74, 6) is 1.08. The van der Waals surface area contributed by atoms with Gasteiger partial charge < -0.3 is 9.84 Å². The number of aliphatic hydroxyl groups is 1. The lowest BCUT2D eigenvalue weighted by Crippen LogP contribution is -2.20. The molecule has 0 aliphatic carbocycles. The predicted molar refractivity (Wildman–Crippen MR) is 102 cm³/mol. The van der Waals surface area contributed by atoms with Gasteiger partial charge in [0, 0.05) is 10.8 Å². The maximum Gasteiger partial charge on any atom is 0.214 e. The van der Waals surface area contributed by atoms with E-state index in [4.69, 9.17) is 16.3 Å². The van der Waals surface area contributed by atoms with Crippen LogP contribution in [-0.4, -0.2) is 43.8 Å². The zero-order valence-electron chi connectivity index (χ0n) is 14.5. The Morgan fingerprint density at radius 1 is 1.19 bits per heavy atom. The van der Waals surface area contributed by atoms with E-state index in [0.717, 1.165) is 16.8 Å². The average molecular weight is 391 g/mol. The number of ether oxygens (including phenoxy) is 1. The Hall–Kier alpha value is -2.09. The fraction of sp³-hybridized carbons (Fsp3) is 0.278. The van der Waals surface area contributed by atoms with Crippen LogP contribution in [0.3, 0.4) is 0 Å². The standard InChI is InChI=1S/C18H19ClN4O2S/c1-12-3-4-13(2)17(9-12)23-18(20-21-22-23)26-11-15(24)10-25-16-7-5-14(19)6-8-16/h3-9,15,24H,10-11H2,1-2H3. The van der Waals surface area contributed by atoms with E-state index in [1.807, 2.05) is 32.0 Å². The summed E-state index contributed by atoms with van der Waals surface area (Å²) < 4.78 is 7.26. The molecule has 0 radical (unpaired) electrons. The van der Waals surface area contributed by atoms with Crippen molar-refractivity contribution >= 4 is 23.4 Å². The molecule has 26 heavy (non-hydrogen) atoms. The number of aromatic nitrogens is 4. The number of aryl methyl sites for hydroxylation is 2. The summed E-state index contributed by atoms with van der Waals surface area (Å²) in [4.78, 5) is 0. The van der Waals surface area contributed by atoms with Crippen molar-refractivity contribution in [2.24, 2.45) is 0 Å². The lowest BCUT2D eigenvalue weighted by molar-refractivity contribution is 0.126. The second-order valence-corrected chi connectivity index (χ2v) is 7.32. The van der Waals surface area contributed by atoms with Gasteiger partial charge in [-0.2, -0.15) is 4.68 Å². The van der Waals surface area contributed by atoms with Crippen molar-refractivity contribution in [2.45, 2.75) is 25.1 Å². The smallest absolute Gasteiger partial charge is 0.214 e. The first kappa shape index (κ1) is 18.7. The first-order valence-electron chi connectivity index (χ1n) is 8.08. The average Bonchev–Trinajstić information content (AvgIpc) is 3.10. The number of hydrogen-bond donors (Lipinski definition) is 1. The highest BCUT2D eigenvalue weighted by Crippen LogP contribution is 2.22. The van der Waals surface area contributed by atoms with Gasteiger partial charge in [-0.1, -0.05) is 35.5 Å². The van der Waals surface area contributed by atoms with Crippen LogP contribution >= 0.6 is 23.4 Å². The van der Waals surface area contributed by atoms with Crippen LogP contribution in [-0.2, 0) is 0 Å². The minimum atomic E-state index is -0.653. The molecule has 3 aromatic rings. The topological polar surface area (TPSA) is 73.1 Å². The second kappa shape index (κ2) is 8.53. The van der Waals surface area contributed by atoms with Crippen LogP contribution in [0.4, 0.5) is 0 Å². The molecule has 0 aliphatic rings. The molecule has 0 bridgehead atoms. The molecule has 1 unspecified atom stereocenters. The van der Waals surface area contributed by atoms with Crippen LogP contribution < -0.4 is 4.74 Å². The van der Waals surface area contributed by atoms with Crippen molar-refractivity contribution in [3.05, 3.63) is 58.6 Å². The molecule has 1 atom stereocenters. The minimum Gasteiger partial charge on any atom is -0.491 e. The first-order valence-corrected chi connectivity index (χ1v) is 9.44. The van der Waals surface area contributed by atoms with Gasteiger partial charge in [-0.05, 0) is 65.7 Å². The predicted octanol–water partition coefficient (Wildman–Crippen LogP) is 3.46. The summed E-state index contributed by atoms with van der Waals surface area (Å²) in [7, 11) is 0. The molecule has 6 nitrogen and oxygen atoms in total. The van der Waals surface area contributed by atoms with Gasteiger partial charge >= 0.3 is 0 Å². The van der Waals surface area contributed by atoms with Gasteiger partial charge in [-0.3, -0.25) is 0 Å². The van der Waals surface area contributed by atoms with Gasteiger partial charge in [0.2, 0.25) is 5.16 Å². The Kier molecular flexibility index (Phi) is 6.13. The third kappa shape index (κ3) is 4.75.